The normalized spacial score (nSPS) is 30.3. The lowest BCUT2D eigenvalue weighted by molar-refractivity contribution is -0.138. The lowest BCUT2D eigenvalue weighted by atomic mass is 9.93. The Labute approximate surface area is 252 Å². The van der Waals surface area contributed by atoms with Gasteiger partial charge in [-0.25, -0.2) is 17.2 Å². The van der Waals surface area contributed by atoms with Gasteiger partial charge < -0.3 is 20.5 Å². The molecular formula is C29H36F5N5O4S. The Hall–Kier alpha value is -2.78. The van der Waals surface area contributed by atoms with Crippen molar-refractivity contribution in [3.63, 3.8) is 0 Å². The number of hydrogen-bond donors (Lipinski definition) is 2. The van der Waals surface area contributed by atoms with Crippen molar-refractivity contribution in [2.24, 2.45) is 0 Å². The van der Waals surface area contributed by atoms with Gasteiger partial charge in [-0.15, -0.1) is 0 Å². The number of rotatable bonds is 5. The predicted molar refractivity (Wildman–Crippen MR) is 152 cm³/mol. The lowest BCUT2D eigenvalue weighted by Crippen LogP contribution is -2.47. The number of aliphatic hydroxyl groups is 1. The molecule has 44 heavy (non-hydrogen) atoms. The molecule has 0 spiro atoms. The average Bonchev–Trinajstić information content (AvgIpc) is 3.43. The molecule has 242 valence electrons. The summed E-state index contributed by atoms with van der Waals surface area (Å²) in [4.78, 5) is 12.8. The Bertz CT molecular complexity index is 1590. The molecule has 3 fully saturated rings. The number of piperidine rings is 1. The standard InChI is InChI=1S/C29H36F5N5O4S/c1-16-9-19(35)24(31)22(23(16)29(32,33)34)21-10-20-18(13-44(21,41)42)25(38-7-3-5-27(2,40)14-38)37-26(36-20)43-15-28-6-4-8-39(28)12-17(30)11-28/h9,17,21,40H,3-8,10-15,35H2,1-2H3/t17-,21+,27-,28+/m1/s1. The highest BCUT2D eigenvalue weighted by molar-refractivity contribution is 7.91. The van der Waals surface area contributed by atoms with Crippen molar-refractivity contribution in [3.05, 3.63) is 39.8 Å². The van der Waals surface area contributed by atoms with Gasteiger partial charge in [-0.1, -0.05) is 0 Å². The van der Waals surface area contributed by atoms with Crippen LogP contribution in [0.2, 0.25) is 0 Å². The third-order valence-electron chi connectivity index (χ3n) is 9.54. The van der Waals surface area contributed by atoms with Gasteiger partial charge in [0, 0.05) is 43.6 Å². The van der Waals surface area contributed by atoms with Crippen LogP contribution in [0.15, 0.2) is 6.07 Å². The summed E-state index contributed by atoms with van der Waals surface area (Å²) in [5.41, 5.74) is 0.975. The number of β-amino-alcohol motifs (C(OH)–C–C–N with tert-alkyl or cyclic N) is 1. The zero-order valence-electron chi connectivity index (χ0n) is 24.6. The molecule has 5 heterocycles. The van der Waals surface area contributed by atoms with Gasteiger partial charge in [0.25, 0.3) is 0 Å². The molecule has 1 aromatic heterocycles. The molecule has 0 radical (unpaired) electrons. The number of nitrogens with two attached hydrogens (primary N) is 1. The van der Waals surface area contributed by atoms with Crippen molar-refractivity contribution in [2.75, 3.05) is 43.4 Å². The molecule has 0 bridgehead atoms. The minimum absolute atomic E-state index is 0.0757. The van der Waals surface area contributed by atoms with Crippen molar-refractivity contribution in [1.29, 1.82) is 0 Å². The molecule has 4 atom stereocenters. The number of nitrogen functional groups attached to an aromatic ring is 1. The summed E-state index contributed by atoms with van der Waals surface area (Å²) in [5.74, 6) is -1.98. The molecule has 0 amide bonds. The van der Waals surface area contributed by atoms with Crippen LogP contribution in [0.1, 0.15) is 72.2 Å². The molecule has 0 saturated carbocycles. The van der Waals surface area contributed by atoms with Gasteiger partial charge in [0.05, 0.1) is 39.1 Å². The number of nitrogens with zero attached hydrogens (tertiary/aromatic N) is 4. The van der Waals surface area contributed by atoms with Crippen LogP contribution in [-0.2, 0) is 28.2 Å². The number of aryl methyl sites for hydroxylation is 1. The Kier molecular flexibility index (Phi) is 7.55. The SMILES string of the molecule is Cc1cc(N)c(F)c([C@@H]2Cc3nc(OC[C@@]45CCCN4C[C@H](F)C5)nc(N4CCC[C@@](C)(O)C4)c3CS2(=O)=O)c1C(F)(F)F. The maximum absolute atomic E-state index is 15.4. The molecule has 0 unspecified atom stereocenters. The third kappa shape index (κ3) is 5.48. The first-order chi connectivity index (χ1) is 20.5. The van der Waals surface area contributed by atoms with Gasteiger partial charge in [0.15, 0.2) is 15.7 Å². The topological polar surface area (TPSA) is 122 Å². The zero-order valence-corrected chi connectivity index (χ0v) is 25.4. The molecule has 2 aromatic rings. The first-order valence-corrected chi connectivity index (χ1v) is 16.5. The van der Waals surface area contributed by atoms with Crippen molar-refractivity contribution < 1.29 is 40.2 Å². The number of ether oxygens (including phenoxy) is 1. The van der Waals surface area contributed by atoms with E-state index in [1.54, 1.807) is 11.8 Å². The van der Waals surface area contributed by atoms with Crippen molar-refractivity contribution >= 4 is 21.3 Å². The van der Waals surface area contributed by atoms with E-state index in [4.69, 9.17) is 10.5 Å². The number of aromatic nitrogens is 2. The molecule has 4 aliphatic heterocycles. The molecular weight excluding hydrogens is 609 g/mol. The molecule has 15 heteroatoms. The van der Waals surface area contributed by atoms with Gasteiger partial charge in [0.2, 0.25) is 0 Å². The highest BCUT2D eigenvalue weighted by Gasteiger charge is 2.50. The number of anilines is 2. The van der Waals surface area contributed by atoms with Gasteiger partial charge in [0.1, 0.15) is 18.6 Å². The molecule has 1 aromatic carbocycles. The number of sulfone groups is 1. The average molecular weight is 646 g/mol. The molecule has 9 nitrogen and oxygen atoms in total. The fraction of sp³-hybridized carbons (Fsp3) is 0.655. The van der Waals surface area contributed by atoms with Crippen LogP contribution in [0, 0.1) is 12.7 Å². The number of benzene rings is 1. The second kappa shape index (κ2) is 10.6. The van der Waals surface area contributed by atoms with Crippen molar-refractivity contribution in [3.8, 4) is 6.01 Å². The molecule has 3 saturated heterocycles. The zero-order chi connectivity index (χ0) is 31.8. The third-order valence-corrected chi connectivity index (χ3v) is 11.5. The molecule has 4 aliphatic rings. The summed E-state index contributed by atoms with van der Waals surface area (Å²) in [7, 11) is -4.43. The van der Waals surface area contributed by atoms with E-state index in [0.29, 0.717) is 25.9 Å². The fourth-order valence-electron chi connectivity index (χ4n) is 7.60. The van der Waals surface area contributed by atoms with Crippen LogP contribution < -0.4 is 15.4 Å². The van der Waals surface area contributed by atoms with Gasteiger partial charge in [-0.2, -0.15) is 23.1 Å². The predicted octanol–water partition coefficient (Wildman–Crippen LogP) is 4.04. The minimum Gasteiger partial charge on any atom is -0.461 e. The molecule has 6 rings (SSSR count). The lowest BCUT2D eigenvalue weighted by Gasteiger charge is -2.39. The monoisotopic (exact) mass is 645 g/mol. The summed E-state index contributed by atoms with van der Waals surface area (Å²) in [6, 6.07) is 0.710. The number of hydrogen-bond acceptors (Lipinski definition) is 9. The summed E-state index contributed by atoms with van der Waals surface area (Å²) >= 11 is 0. The quantitative estimate of drug-likeness (QED) is 0.367. The Balaban J connectivity index is 1.44. The van der Waals surface area contributed by atoms with Crippen molar-refractivity contribution in [1.82, 2.24) is 14.9 Å². The van der Waals surface area contributed by atoms with Crippen LogP contribution in [-0.4, -0.2) is 78.5 Å². The van der Waals surface area contributed by atoms with Gasteiger partial charge >= 0.3 is 12.2 Å². The second-order valence-corrected chi connectivity index (χ2v) is 15.2. The number of fused-ring (bicyclic) bond motifs is 2. The first-order valence-electron chi connectivity index (χ1n) is 14.8. The van der Waals surface area contributed by atoms with Gasteiger partial charge in [-0.05, 0) is 57.7 Å². The van der Waals surface area contributed by atoms with Gasteiger partial charge in [-0.3, -0.25) is 4.90 Å². The summed E-state index contributed by atoms with van der Waals surface area (Å²) in [5, 5.41) is 8.88. The minimum atomic E-state index is -5.05. The largest absolute Gasteiger partial charge is 0.461 e. The number of alkyl halides is 4. The molecule has 3 N–H and O–H groups in total. The van der Waals surface area contributed by atoms with Crippen LogP contribution >= 0.6 is 0 Å². The maximum atomic E-state index is 15.4. The highest BCUT2D eigenvalue weighted by atomic mass is 32.2. The van der Waals surface area contributed by atoms with Crippen LogP contribution in [0.25, 0.3) is 0 Å². The van der Waals surface area contributed by atoms with E-state index >= 15 is 4.39 Å². The Morgan fingerprint density at radius 3 is 2.64 bits per heavy atom. The van der Waals surface area contributed by atoms with Crippen LogP contribution in [0.4, 0.5) is 33.5 Å². The number of halogens is 5. The van der Waals surface area contributed by atoms with Crippen LogP contribution in [0.5, 0.6) is 6.01 Å². The summed E-state index contributed by atoms with van der Waals surface area (Å²) < 4.78 is 106. The van der Waals surface area contributed by atoms with E-state index in [0.717, 1.165) is 32.4 Å². The van der Waals surface area contributed by atoms with E-state index in [1.165, 1.54) is 0 Å². The Morgan fingerprint density at radius 2 is 1.93 bits per heavy atom. The van der Waals surface area contributed by atoms with E-state index < -0.39 is 78.9 Å². The summed E-state index contributed by atoms with van der Waals surface area (Å²) in [6.45, 7) is 4.43. The van der Waals surface area contributed by atoms with E-state index in [2.05, 4.69) is 9.97 Å². The smallest absolute Gasteiger partial charge is 0.417 e. The van der Waals surface area contributed by atoms with E-state index in [-0.39, 0.29) is 42.7 Å². The maximum Gasteiger partial charge on any atom is 0.417 e. The Morgan fingerprint density at radius 1 is 1.20 bits per heavy atom. The van der Waals surface area contributed by atoms with Crippen molar-refractivity contribution in [2.45, 2.75) is 86.9 Å². The van der Waals surface area contributed by atoms with E-state index in [1.807, 2.05) is 4.90 Å². The second-order valence-electron chi connectivity index (χ2n) is 13.0. The highest BCUT2D eigenvalue weighted by Crippen LogP contribution is 2.47. The van der Waals surface area contributed by atoms with Crippen LogP contribution in [0.3, 0.4) is 0 Å². The van der Waals surface area contributed by atoms with E-state index in [9.17, 15) is 31.1 Å². The summed E-state index contributed by atoms with van der Waals surface area (Å²) in [6.07, 6.45) is -3.64. The molecule has 0 aliphatic carbocycles. The fourth-order valence-corrected chi connectivity index (χ4v) is 9.49. The first kappa shape index (κ1) is 31.2.